The molecule has 2 aromatic rings. The molecule has 0 unspecified atom stereocenters. The van der Waals surface area contributed by atoms with Crippen molar-refractivity contribution < 1.29 is 9.90 Å². The maximum absolute atomic E-state index is 12.2. The highest BCUT2D eigenvalue weighted by Crippen LogP contribution is 2.25. The van der Waals surface area contributed by atoms with Crippen LogP contribution in [-0.4, -0.2) is 22.6 Å². The fourth-order valence-corrected chi connectivity index (χ4v) is 1.90. The number of halogens is 2. The third-order valence-electron chi connectivity index (χ3n) is 2.49. The molecule has 1 aromatic carbocycles. The molecule has 1 heterocycles. The molecule has 0 radical (unpaired) electrons. The van der Waals surface area contributed by atoms with Crippen LogP contribution in [0, 0.1) is 11.8 Å². The first-order valence-electron chi connectivity index (χ1n) is 5.91. The molecule has 0 saturated carbocycles. The molecule has 0 aliphatic carbocycles. The van der Waals surface area contributed by atoms with Crippen LogP contribution in [-0.2, 0) is 0 Å². The van der Waals surface area contributed by atoms with E-state index in [1.54, 1.807) is 24.3 Å². The van der Waals surface area contributed by atoms with Crippen LogP contribution >= 0.6 is 23.2 Å². The number of anilines is 1. The van der Waals surface area contributed by atoms with Crippen molar-refractivity contribution in [2.45, 2.75) is 0 Å². The number of aromatic nitrogens is 1. The number of rotatable bonds is 2. The van der Waals surface area contributed by atoms with E-state index in [0.717, 1.165) is 0 Å². The molecule has 6 heteroatoms. The number of amides is 1. The number of hydrogen-bond acceptors (Lipinski definition) is 3. The standard InChI is InChI=1S/C15H10Cl2N2O2/c16-12-3-4-13(17)14(7-12)19-15(21)11-6-10(2-1-5-20)8-18-9-11/h3-4,6-9,20H,5H2,(H,19,21). The summed E-state index contributed by atoms with van der Waals surface area (Å²) in [5, 5.41) is 12.2. The second kappa shape index (κ2) is 7.09. The van der Waals surface area contributed by atoms with Gasteiger partial charge in [-0.05, 0) is 24.3 Å². The van der Waals surface area contributed by atoms with Gasteiger partial charge in [0, 0.05) is 23.0 Å². The molecule has 106 valence electrons. The Labute approximate surface area is 131 Å². The van der Waals surface area contributed by atoms with Crippen molar-refractivity contribution in [3.8, 4) is 11.8 Å². The Kier molecular flexibility index (Phi) is 5.18. The van der Waals surface area contributed by atoms with Crippen molar-refractivity contribution in [2.24, 2.45) is 0 Å². The fraction of sp³-hybridized carbons (Fsp3) is 0.0667. The first-order valence-corrected chi connectivity index (χ1v) is 6.67. The van der Waals surface area contributed by atoms with E-state index in [1.165, 1.54) is 12.4 Å². The lowest BCUT2D eigenvalue weighted by atomic mass is 10.2. The van der Waals surface area contributed by atoms with E-state index in [9.17, 15) is 4.79 Å². The van der Waals surface area contributed by atoms with Gasteiger partial charge < -0.3 is 10.4 Å². The van der Waals surface area contributed by atoms with Gasteiger partial charge in [-0.1, -0.05) is 35.0 Å². The molecule has 2 rings (SSSR count). The van der Waals surface area contributed by atoms with Gasteiger partial charge in [0.2, 0.25) is 0 Å². The second-order valence-electron chi connectivity index (χ2n) is 4.00. The zero-order chi connectivity index (χ0) is 15.2. The van der Waals surface area contributed by atoms with Gasteiger partial charge in [-0.25, -0.2) is 0 Å². The number of nitrogens with one attached hydrogen (secondary N) is 1. The first kappa shape index (κ1) is 15.3. The van der Waals surface area contributed by atoms with Crippen molar-refractivity contribution in [1.29, 1.82) is 0 Å². The molecule has 1 amide bonds. The largest absolute Gasteiger partial charge is 0.384 e. The highest BCUT2D eigenvalue weighted by molar-refractivity contribution is 6.35. The zero-order valence-corrected chi connectivity index (χ0v) is 12.2. The Balaban J connectivity index is 2.22. The molecule has 0 aliphatic rings. The van der Waals surface area contributed by atoms with Crippen LogP contribution in [0.5, 0.6) is 0 Å². The number of carbonyl (C=O) groups excluding carboxylic acids is 1. The third-order valence-corrected chi connectivity index (χ3v) is 3.05. The summed E-state index contributed by atoms with van der Waals surface area (Å²) in [7, 11) is 0. The van der Waals surface area contributed by atoms with E-state index in [-0.39, 0.29) is 12.5 Å². The SMILES string of the molecule is O=C(Nc1cc(Cl)ccc1Cl)c1cncc(C#CCO)c1. The van der Waals surface area contributed by atoms with Crippen LogP contribution < -0.4 is 5.32 Å². The molecular formula is C15H10Cl2N2O2. The topological polar surface area (TPSA) is 62.2 Å². The molecule has 0 atom stereocenters. The Morgan fingerprint density at radius 2 is 2.10 bits per heavy atom. The molecule has 0 fully saturated rings. The smallest absolute Gasteiger partial charge is 0.257 e. The number of aliphatic hydroxyl groups is 1. The van der Waals surface area contributed by atoms with Gasteiger partial charge in [-0.2, -0.15) is 0 Å². The van der Waals surface area contributed by atoms with Crippen molar-refractivity contribution in [2.75, 3.05) is 11.9 Å². The lowest BCUT2D eigenvalue weighted by molar-refractivity contribution is 0.102. The average Bonchev–Trinajstić information content (AvgIpc) is 2.49. The Morgan fingerprint density at radius 1 is 1.29 bits per heavy atom. The van der Waals surface area contributed by atoms with E-state index in [0.29, 0.717) is 26.9 Å². The average molecular weight is 321 g/mol. The molecule has 2 N–H and O–H groups in total. The molecule has 0 saturated heterocycles. The van der Waals surface area contributed by atoms with Crippen LogP contribution in [0.25, 0.3) is 0 Å². The fourth-order valence-electron chi connectivity index (χ4n) is 1.56. The number of pyridine rings is 1. The van der Waals surface area contributed by atoms with E-state index < -0.39 is 0 Å². The van der Waals surface area contributed by atoms with Crippen LogP contribution in [0.4, 0.5) is 5.69 Å². The third kappa shape index (κ3) is 4.20. The Morgan fingerprint density at radius 3 is 2.86 bits per heavy atom. The summed E-state index contributed by atoms with van der Waals surface area (Å²) in [6.45, 7) is -0.255. The molecular weight excluding hydrogens is 311 g/mol. The molecule has 1 aromatic heterocycles. The normalized spacial score (nSPS) is 9.67. The maximum Gasteiger partial charge on any atom is 0.257 e. The van der Waals surface area contributed by atoms with Gasteiger partial charge in [-0.15, -0.1) is 0 Å². The van der Waals surface area contributed by atoms with Crippen molar-refractivity contribution >= 4 is 34.8 Å². The summed E-state index contributed by atoms with van der Waals surface area (Å²) in [5.41, 5.74) is 1.28. The Bertz CT molecular complexity index is 736. The molecule has 4 nitrogen and oxygen atoms in total. The number of aliphatic hydroxyl groups excluding tert-OH is 1. The minimum absolute atomic E-state index is 0.255. The van der Waals surface area contributed by atoms with E-state index in [1.807, 2.05) is 0 Å². The predicted molar refractivity (Wildman–Crippen MR) is 82.6 cm³/mol. The minimum atomic E-state index is -0.376. The van der Waals surface area contributed by atoms with Crippen LogP contribution in [0.3, 0.4) is 0 Å². The van der Waals surface area contributed by atoms with Gasteiger partial charge in [-0.3, -0.25) is 9.78 Å². The molecule has 21 heavy (non-hydrogen) atoms. The highest BCUT2D eigenvalue weighted by Gasteiger charge is 2.10. The maximum atomic E-state index is 12.2. The monoisotopic (exact) mass is 320 g/mol. The quantitative estimate of drug-likeness (QED) is 0.836. The number of carbonyl (C=O) groups is 1. The molecule has 0 aliphatic heterocycles. The van der Waals surface area contributed by atoms with E-state index >= 15 is 0 Å². The van der Waals surface area contributed by atoms with Crippen molar-refractivity contribution in [3.05, 3.63) is 57.8 Å². The lowest BCUT2D eigenvalue weighted by Crippen LogP contribution is -2.12. The second-order valence-corrected chi connectivity index (χ2v) is 4.84. The minimum Gasteiger partial charge on any atom is -0.384 e. The van der Waals surface area contributed by atoms with Crippen molar-refractivity contribution in [3.63, 3.8) is 0 Å². The first-order chi connectivity index (χ1) is 10.1. The van der Waals surface area contributed by atoms with Gasteiger partial charge in [0.15, 0.2) is 0 Å². The summed E-state index contributed by atoms with van der Waals surface area (Å²) in [4.78, 5) is 16.1. The summed E-state index contributed by atoms with van der Waals surface area (Å²) < 4.78 is 0. The van der Waals surface area contributed by atoms with E-state index in [2.05, 4.69) is 22.1 Å². The predicted octanol–water partition coefficient (Wildman–Crippen LogP) is 2.98. The number of nitrogens with zero attached hydrogens (tertiary/aromatic N) is 1. The summed E-state index contributed by atoms with van der Waals surface area (Å²) in [6.07, 6.45) is 2.92. The van der Waals surface area contributed by atoms with Gasteiger partial charge in [0.25, 0.3) is 5.91 Å². The molecule has 0 spiro atoms. The van der Waals surface area contributed by atoms with Crippen LogP contribution in [0.2, 0.25) is 10.0 Å². The number of benzene rings is 1. The zero-order valence-electron chi connectivity index (χ0n) is 10.7. The van der Waals surface area contributed by atoms with Crippen molar-refractivity contribution in [1.82, 2.24) is 4.98 Å². The van der Waals surface area contributed by atoms with Crippen LogP contribution in [0.15, 0.2) is 36.7 Å². The van der Waals surface area contributed by atoms with E-state index in [4.69, 9.17) is 28.3 Å². The Hall–Kier alpha value is -2.06. The number of hydrogen-bond donors (Lipinski definition) is 2. The lowest BCUT2D eigenvalue weighted by Gasteiger charge is -2.07. The van der Waals surface area contributed by atoms with Gasteiger partial charge in [0.1, 0.15) is 6.61 Å². The summed E-state index contributed by atoms with van der Waals surface area (Å²) >= 11 is 11.9. The van der Waals surface area contributed by atoms with Gasteiger partial charge >= 0.3 is 0 Å². The van der Waals surface area contributed by atoms with Gasteiger partial charge in [0.05, 0.1) is 16.3 Å². The molecule has 0 bridgehead atoms. The highest BCUT2D eigenvalue weighted by atomic mass is 35.5. The van der Waals surface area contributed by atoms with Crippen LogP contribution in [0.1, 0.15) is 15.9 Å². The summed E-state index contributed by atoms with van der Waals surface area (Å²) in [6, 6.07) is 6.36. The summed E-state index contributed by atoms with van der Waals surface area (Å²) in [5.74, 6) is 4.80.